The molecular formula is C20H35IN4. The first-order valence-electron chi connectivity index (χ1n) is 9.55. The van der Waals surface area contributed by atoms with Crippen LogP contribution in [0.15, 0.2) is 35.3 Å². The zero-order valence-corrected chi connectivity index (χ0v) is 18.3. The van der Waals surface area contributed by atoms with Crippen molar-refractivity contribution in [1.29, 1.82) is 0 Å². The molecule has 25 heavy (non-hydrogen) atoms. The van der Waals surface area contributed by atoms with E-state index in [-0.39, 0.29) is 30.0 Å². The fourth-order valence-electron chi connectivity index (χ4n) is 3.30. The third kappa shape index (κ3) is 7.94. The first-order chi connectivity index (χ1) is 11.7. The van der Waals surface area contributed by atoms with Gasteiger partial charge in [0, 0.05) is 13.1 Å². The number of aliphatic imine (C=N–C) groups is 1. The second kappa shape index (κ2) is 12.5. The molecule has 0 aromatic heterocycles. The molecule has 4 nitrogen and oxygen atoms in total. The van der Waals surface area contributed by atoms with E-state index in [9.17, 15) is 0 Å². The number of guanidine groups is 1. The highest BCUT2D eigenvalue weighted by molar-refractivity contribution is 14.0. The summed E-state index contributed by atoms with van der Waals surface area (Å²) in [5.74, 6) is 1.77. The highest BCUT2D eigenvalue weighted by Crippen LogP contribution is 2.20. The smallest absolute Gasteiger partial charge is 0.191 e. The lowest BCUT2D eigenvalue weighted by Crippen LogP contribution is -2.39. The molecule has 1 unspecified atom stereocenters. The molecule has 0 aliphatic carbocycles. The Hall–Kier alpha value is -0.820. The van der Waals surface area contributed by atoms with Gasteiger partial charge in [0.2, 0.25) is 0 Å². The maximum absolute atomic E-state index is 4.79. The molecule has 1 aromatic rings. The molecule has 0 spiro atoms. The highest BCUT2D eigenvalue weighted by atomic mass is 127. The third-order valence-corrected chi connectivity index (χ3v) is 4.96. The van der Waals surface area contributed by atoms with Crippen LogP contribution in [-0.2, 0) is 0 Å². The summed E-state index contributed by atoms with van der Waals surface area (Å²) < 4.78 is 0. The number of halogens is 1. The van der Waals surface area contributed by atoms with Crippen LogP contribution in [-0.4, -0.2) is 43.6 Å². The molecule has 0 radical (unpaired) electrons. The summed E-state index contributed by atoms with van der Waals surface area (Å²) >= 11 is 0. The zero-order valence-electron chi connectivity index (χ0n) is 16.0. The van der Waals surface area contributed by atoms with Crippen molar-refractivity contribution in [2.24, 2.45) is 10.9 Å². The molecule has 5 heteroatoms. The Morgan fingerprint density at radius 1 is 1.20 bits per heavy atom. The van der Waals surface area contributed by atoms with Crippen LogP contribution in [0.3, 0.4) is 0 Å². The van der Waals surface area contributed by atoms with E-state index in [4.69, 9.17) is 4.99 Å². The lowest BCUT2D eigenvalue weighted by molar-refractivity contribution is 0.188. The van der Waals surface area contributed by atoms with E-state index >= 15 is 0 Å². The first kappa shape index (κ1) is 22.2. The van der Waals surface area contributed by atoms with Gasteiger partial charge in [0.15, 0.2) is 5.96 Å². The predicted octanol–water partition coefficient (Wildman–Crippen LogP) is 4.04. The predicted molar refractivity (Wildman–Crippen MR) is 119 cm³/mol. The van der Waals surface area contributed by atoms with E-state index in [0.717, 1.165) is 25.0 Å². The van der Waals surface area contributed by atoms with E-state index in [2.05, 4.69) is 66.6 Å². The summed E-state index contributed by atoms with van der Waals surface area (Å²) in [6.07, 6.45) is 3.86. The van der Waals surface area contributed by atoms with Crippen LogP contribution in [0.2, 0.25) is 0 Å². The maximum atomic E-state index is 4.79. The number of hydrogen-bond donors (Lipinski definition) is 2. The van der Waals surface area contributed by atoms with Gasteiger partial charge in [-0.05, 0) is 64.2 Å². The number of piperidine rings is 1. The second-order valence-corrected chi connectivity index (χ2v) is 6.70. The molecule has 1 heterocycles. The Labute approximate surface area is 170 Å². The lowest BCUT2D eigenvalue weighted by atomic mass is 9.94. The van der Waals surface area contributed by atoms with E-state index < -0.39 is 0 Å². The summed E-state index contributed by atoms with van der Waals surface area (Å²) in [5, 5.41) is 6.89. The Kier molecular flexibility index (Phi) is 11.1. The molecule has 2 N–H and O–H groups in total. The van der Waals surface area contributed by atoms with Crippen molar-refractivity contribution in [3.05, 3.63) is 35.9 Å². The Bertz CT molecular complexity index is 484. The van der Waals surface area contributed by atoms with E-state index in [1.807, 2.05) is 0 Å². The molecule has 1 saturated heterocycles. The van der Waals surface area contributed by atoms with Crippen molar-refractivity contribution in [3.8, 4) is 0 Å². The van der Waals surface area contributed by atoms with Gasteiger partial charge in [-0.3, -0.25) is 4.99 Å². The second-order valence-electron chi connectivity index (χ2n) is 6.70. The number of hydrogen-bond acceptors (Lipinski definition) is 2. The van der Waals surface area contributed by atoms with E-state index in [0.29, 0.717) is 0 Å². The van der Waals surface area contributed by atoms with Gasteiger partial charge in [-0.15, -0.1) is 24.0 Å². The van der Waals surface area contributed by atoms with Gasteiger partial charge in [-0.25, -0.2) is 0 Å². The fraction of sp³-hybridized carbons (Fsp3) is 0.650. The molecule has 2 rings (SSSR count). The lowest BCUT2D eigenvalue weighted by Gasteiger charge is -2.30. The number of nitrogens with one attached hydrogen (secondary N) is 2. The Balaban J connectivity index is 0.00000312. The van der Waals surface area contributed by atoms with Gasteiger partial charge in [-0.1, -0.05) is 37.3 Å². The van der Waals surface area contributed by atoms with Crippen LogP contribution in [0.1, 0.15) is 51.6 Å². The molecular weight excluding hydrogens is 423 g/mol. The van der Waals surface area contributed by atoms with Crippen molar-refractivity contribution >= 4 is 29.9 Å². The average Bonchev–Trinajstić information content (AvgIpc) is 2.63. The number of benzene rings is 1. The number of rotatable bonds is 7. The highest BCUT2D eigenvalue weighted by Gasteiger charge is 2.17. The topological polar surface area (TPSA) is 39.7 Å². The maximum Gasteiger partial charge on any atom is 0.191 e. The molecule has 1 aliphatic heterocycles. The van der Waals surface area contributed by atoms with Gasteiger partial charge < -0.3 is 15.5 Å². The van der Waals surface area contributed by atoms with Gasteiger partial charge in [-0.2, -0.15) is 0 Å². The molecule has 142 valence electrons. The summed E-state index contributed by atoms with van der Waals surface area (Å²) in [6, 6.07) is 10.8. The van der Waals surface area contributed by atoms with Crippen molar-refractivity contribution < 1.29 is 0 Å². The van der Waals surface area contributed by atoms with E-state index in [1.165, 1.54) is 44.5 Å². The molecule has 1 aromatic carbocycles. The molecule has 0 amide bonds. The van der Waals surface area contributed by atoms with Gasteiger partial charge in [0.05, 0.1) is 6.04 Å². The summed E-state index contributed by atoms with van der Waals surface area (Å²) in [4.78, 5) is 7.34. The minimum atomic E-state index is 0. The van der Waals surface area contributed by atoms with Crippen LogP contribution in [0.4, 0.5) is 0 Å². The van der Waals surface area contributed by atoms with Crippen molar-refractivity contribution in [2.75, 3.05) is 32.7 Å². The minimum absolute atomic E-state index is 0. The van der Waals surface area contributed by atoms with Crippen LogP contribution < -0.4 is 10.6 Å². The fourth-order valence-corrected chi connectivity index (χ4v) is 3.30. The summed E-state index contributed by atoms with van der Waals surface area (Å²) in [6.45, 7) is 12.1. The molecule has 0 saturated carbocycles. The quantitative estimate of drug-likeness (QED) is 0.368. The Morgan fingerprint density at radius 2 is 1.88 bits per heavy atom. The molecule has 1 fully saturated rings. The number of nitrogens with zero attached hydrogens (tertiary/aromatic N) is 2. The molecule has 0 bridgehead atoms. The average molecular weight is 458 g/mol. The van der Waals surface area contributed by atoms with Crippen molar-refractivity contribution in [1.82, 2.24) is 15.5 Å². The monoisotopic (exact) mass is 458 g/mol. The zero-order chi connectivity index (χ0) is 17.2. The SMILES string of the molecule is CCNC(=NCCC1CCN(CC)CC1)NC(C)c1ccccc1.I. The van der Waals surface area contributed by atoms with Crippen LogP contribution in [0.25, 0.3) is 0 Å². The normalized spacial score (nSPS) is 17.6. The van der Waals surface area contributed by atoms with Crippen molar-refractivity contribution in [2.45, 2.75) is 46.1 Å². The summed E-state index contributed by atoms with van der Waals surface area (Å²) in [7, 11) is 0. The number of likely N-dealkylation sites (tertiary alicyclic amines) is 1. The van der Waals surface area contributed by atoms with Gasteiger partial charge >= 0.3 is 0 Å². The van der Waals surface area contributed by atoms with Crippen LogP contribution in [0, 0.1) is 5.92 Å². The van der Waals surface area contributed by atoms with Crippen LogP contribution in [0.5, 0.6) is 0 Å². The molecule has 1 atom stereocenters. The minimum Gasteiger partial charge on any atom is -0.357 e. The van der Waals surface area contributed by atoms with Gasteiger partial charge in [0.1, 0.15) is 0 Å². The third-order valence-electron chi connectivity index (χ3n) is 4.96. The molecule has 1 aliphatic rings. The standard InChI is InChI=1S/C20H34N4.HI/c1-4-21-20(23-17(3)19-9-7-6-8-10-19)22-14-11-18-12-15-24(5-2)16-13-18;/h6-10,17-18H,4-5,11-16H2,1-3H3,(H2,21,22,23);1H. The summed E-state index contributed by atoms with van der Waals surface area (Å²) in [5.41, 5.74) is 1.29. The van der Waals surface area contributed by atoms with Crippen molar-refractivity contribution in [3.63, 3.8) is 0 Å². The van der Waals surface area contributed by atoms with Gasteiger partial charge in [0.25, 0.3) is 0 Å². The Morgan fingerprint density at radius 3 is 2.48 bits per heavy atom. The van der Waals surface area contributed by atoms with Crippen LogP contribution >= 0.6 is 24.0 Å². The largest absolute Gasteiger partial charge is 0.357 e. The first-order valence-corrected chi connectivity index (χ1v) is 9.55. The van der Waals surface area contributed by atoms with E-state index in [1.54, 1.807) is 0 Å².